The van der Waals surface area contributed by atoms with Crippen molar-refractivity contribution in [2.45, 2.75) is 18.6 Å². The highest BCUT2D eigenvalue weighted by molar-refractivity contribution is 4.90. The van der Waals surface area contributed by atoms with E-state index in [0.717, 1.165) is 12.6 Å². The monoisotopic (exact) mass is 170 g/mol. The van der Waals surface area contributed by atoms with E-state index < -0.39 is 0 Å². The second-order valence-corrected chi connectivity index (χ2v) is 4.00. The maximum atomic E-state index is 5.38. The minimum atomic E-state index is 0.488. The van der Waals surface area contributed by atoms with Crippen molar-refractivity contribution in [3.05, 3.63) is 0 Å². The highest BCUT2D eigenvalue weighted by atomic mass is 16.5. The molecule has 2 fully saturated rings. The maximum absolute atomic E-state index is 5.38. The van der Waals surface area contributed by atoms with Crippen LogP contribution in [-0.4, -0.2) is 62.3 Å². The summed E-state index contributed by atoms with van der Waals surface area (Å²) in [5, 5.41) is 0. The van der Waals surface area contributed by atoms with Gasteiger partial charge < -0.3 is 9.64 Å². The van der Waals surface area contributed by atoms with Crippen LogP contribution in [0.25, 0.3) is 0 Å². The van der Waals surface area contributed by atoms with Crippen LogP contribution >= 0.6 is 0 Å². The number of nitrogens with zero attached hydrogens (tertiary/aromatic N) is 2. The average molecular weight is 170 g/mol. The van der Waals surface area contributed by atoms with Crippen LogP contribution in [0.4, 0.5) is 0 Å². The Kier molecular flexibility index (Phi) is 2.35. The molecule has 70 valence electrons. The Labute approximate surface area is 74.3 Å². The molecule has 3 nitrogen and oxygen atoms in total. The second-order valence-electron chi connectivity index (χ2n) is 4.00. The van der Waals surface area contributed by atoms with Crippen LogP contribution in [0.1, 0.15) is 6.42 Å². The van der Waals surface area contributed by atoms with E-state index in [9.17, 15) is 0 Å². The molecule has 2 saturated heterocycles. The van der Waals surface area contributed by atoms with Gasteiger partial charge in [0.1, 0.15) is 0 Å². The summed E-state index contributed by atoms with van der Waals surface area (Å²) in [5.41, 5.74) is 0. The minimum Gasteiger partial charge on any atom is -0.380 e. The zero-order valence-electron chi connectivity index (χ0n) is 7.99. The highest BCUT2D eigenvalue weighted by Gasteiger charge is 2.34. The molecule has 2 atom stereocenters. The van der Waals surface area contributed by atoms with Gasteiger partial charge in [0.2, 0.25) is 0 Å². The van der Waals surface area contributed by atoms with Crippen LogP contribution in [0.3, 0.4) is 0 Å². The lowest BCUT2D eigenvalue weighted by Crippen LogP contribution is -2.48. The number of methoxy groups -OCH3 is 1. The Morgan fingerprint density at radius 2 is 2.08 bits per heavy atom. The Morgan fingerprint density at radius 3 is 2.83 bits per heavy atom. The molecule has 2 aliphatic heterocycles. The van der Waals surface area contributed by atoms with Crippen molar-refractivity contribution in [1.29, 1.82) is 0 Å². The number of hydrogen-bond acceptors (Lipinski definition) is 3. The number of ether oxygens (including phenoxy) is 1. The first kappa shape index (κ1) is 8.48. The molecule has 0 spiro atoms. The van der Waals surface area contributed by atoms with E-state index in [4.69, 9.17) is 4.74 Å². The second kappa shape index (κ2) is 3.32. The third-order valence-electron chi connectivity index (χ3n) is 3.11. The standard InChI is InChI=1S/C9H18N2O/c1-10-3-4-11-7-9(12-2)5-8(11)6-10/h8-9H,3-7H2,1-2H3. The number of piperazine rings is 1. The van der Waals surface area contributed by atoms with Gasteiger partial charge in [-0.25, -0.2) is 0 Å². The summed E-state index contributed by atoms with van der Waals surface area (Å²) in [7, 11) is 4.03. The molecule has 2 unspecified atom stereocenters. The predicted molar refractivity (Wildman–Crippen MR) is 48.3 cm³/mol. The molecule has 2 aliphatic rings. The molecule has 0 aromatic carbocycles. The van der Waals surface area contributed by atoms with E-state index in [2.05, 4.69) is 16.8 Å². The zero-order valence-corrected chi connectivity index (χ0v) is 7.99. The first-order valence-corrected chi connectivity index (χ1v) is 4.75. The van der Waals surface area contributed by atoms with Crippen LogP contribution in [-0.2, 0) is 4.74 Å². The number of likely N-dealkylation sites (N-methyl/N-ethyl adjacent to an activating group) is 1. The third kappa shape index (κ3) is 1.49. The summed E-state index contributed by atoms with van der Waals surface area (Å²) in [4.78, 5) is 4.98. The molecule has 2 rings (SSSR count). The SMILES string of the molecule is COC1CC2CN(C)CCN2C1. The molecule has 0 amide bonds. The van der Waals surface area contributed by atoms with Crippen molar-refractivity contribution >= 4 is 0 Å². The summed E-state index contributed by atoms with van der Waals surface area (Å²) < 4.78 is 5.38. The van der Waals surface area contributed by atoms with Crippen molar-refractivity contribution < 1.29 is 4.74 Å². The van der Waals surface area contributed by atoms with E-state index in [-0.39, 0.29) is 0 Å². The molecule has 12 heavy (non-hydrogen) atoms. The quantitative estimate of drug-likeness (QED) is 0.552. The number of rotatable bonds is 1. The Balaban J connectivity index is 1.93. The maximum Gasteiger partial charge on any atom is 0.0713 e. The van der Waals surface area contributed by atoms with Gasteiger partial charge >= 0.3 is 0 Å². The Hall–Kier alpha value is -0.120. The molecule has 3 heteroatoms. The molecule has 0 aromatic heterocycles. The van der Waals surface area contributed by atoms with Crippen molar-refractivity contribution in [3.8, 4) is 0 Å². The molecule has 0 aliphatic carbocycles. The predicted octanol–water partition coefficient (Wildman–Crippen LogP) is 0.0211. The van der Waals surface area contributed by atoms with Gasteiger partial charge in [0.25, 0.3) is 0 Å². The first-order chi connectivity index (χ1) is 5.79. The van der Waals surface area contributed by atoms with Gasteiger partial charge in [0.05, 0.1) is 6.10 Å². The van der Waals surface area contributed by atoms with Crippen LogP contribution in [0.5, 0.6) is 0 Å². The molecule has 0 aromatic rings. The summed E-state index contributed by atoms with van der Waals surface area (Å²) in [5.74, 6) is 0. The van der Waals surface area contributed by atoms with E-state index >= 15 is 0 Å². The average Bonchev–Trinajstić information content (AvgIpc) is 2.46. The summed E-state index contributed by atoms with van der Waals surface area (Å²) in [6.07, 6.45) is 1.71. The first-order valence-electron chi connectivity index (χ1n) is 4.75. The Bertz CT molecular complexity index is 163. The smallest absolute Gasteiger partial charge is 0.0713 e. The molecule has 0 saturated carbocycles. The Morgan fingerprint density at radius 1 is 1.25 bits per heavy atom. The topological polar surface area (TPSA) is 15.7 Å². The van der Waals surface area contributed by atoms with Crippen LogP contribution in [0, 0.1) is 0 Å². The lowest BCUT2D eigenvalue weighted by molar-refractivity contribution is 0.101. The van der Waals surface area contributed by atoms with E-state index in [1.165, 1.54) is 26.1 Å². The largest absolute Gasteiger partial charge is 0.380 e. The van der Waals surface area contributed by atoms with Crippen LogP contribution < -0.4 is 0 Å². The van der Waals surface area contributed by atoms with Gasteiger partial charge in [-0.15, -0.1) is 0 Å². The van der Waals surface area contributed by atoms with Crippen molar-refractivity contribution in [2.75, 3.05) is 40.3 Å². The van der Waals surface area contributed by atoms with Gasteiger partial charge in [-0.05, 0) is 13.5 Å². The molecular weight excluding hydrogens is 152 g/mol. The third-order valence-corrected chi connectivity index (χ3v) is 3.11. The van der Waals surface area contributed by atoms with Crippen molar-refractivity contribution in [2.24, 2.45) is 0 Å². The minimum absolute atomic E-state index is 0.488. The van der Waals surface area contributed by atoms with Crippen molar-refractivity contribution in [3.63, 3.8) is 0 Å². The van der Waals surface area contributed by atoms with Crippen LogP contribution in [0.15, 0.2) is 0 Å². The molecule has 0 N–H and O–H groups in total. The normalized spacial score (nSPS) is 38.5. The van der Waals surface area contributed by atoms with Gasteiger partial charge in [-0.1, -0.05) is 0 Å². The van der Waals surface area contributed by atoms with Gasteiger partial charge in [-0.2, -0.15) is 0 Å². The molecule has 0 bridgehead atoms. The van der Waals surface area contributed by atoms with E-state index in [0.29, 0.717) is 6.10 Å². The fraction of sp³-hybridized carbons (Fsp3) is 1.00. The van der Waals surface area contributed by atoms with Gasteiger partial charge in [-0.3, -0.25) is 4.90 Å². The summed E-state index contributed by atoms with van der Waals surface area (Å²) >= 11 is 0. The van der Waals surface area contributed by atoms with Gasteiger partial charge in [0, 0.05) is 39.3 Å². The zero-order chi connectivity index (χ0) is 8.55. The molecular formula is C9H18N2O. The van der Waals surface area contributed by atoms with Crippen LogP contribution in [0.2, 0.25) is 0 Å². The fourth-order valence-corrected chi connectivity index (χ4v) is 2.32. The van der Waals surface area contributed by atoms with E-state index in [1.807, 2.05) is 7.11 Å². The molecule has 2 heterocycles. The molecule has 0 radical (unpaired) electrons. The number of hydrogen-bond donors (Lipinski definition) is 0. The number of fused-ring (bicyclic) bond motifs is 1. The van der Waals surface area contributed by atoms with E-state index in [1.54, 1.807) is 0 Å². The van der Waals surface area contributed by atoms with Gasteiger partial charge in [0.15, 0.2) is 0 Å². The van der Waals surface area contributed by atoms with Crippen molar-refractivity contribution in [1.82, 2.24) is 9.80 Å². The summed E-state index contributed by atoms with van der Waals surface area (Å²) in [6, 6.07) is 0.758. The highest BCUT2D eigenvalue weighted by Crippen LogP contribution is 2.22. The summed E-state index contributed by atoms with van der Waals surface area (Å²) in [6.45, 7) is 4.81. The fourth-order valence-electron chi connectivity index (χ4n) is 2.32. The lowest BCUT2D eigenvalue weighted by Gasteiger charge is -2.34. The lowest BCUT2D eigenvalue weighted by atomic mass is 10.1.